The van der Waals surface area contributed by atoms with Crippen LogP contribution in [0.1, 0.15) is 38.5 Å². The predicted octanol–water partition coefficient (Wildman–Crippen LogP) is 3.05. The molecule has 0 atom stereocenters. The number of nitrogens with two attached hydrogens (primary N) is 1. The largest absolute Gasteiger partial charge is 0.494 e. The van der Waals surface area contributed by atoms with E-state index in [1.165, 1.54) is 19.3 Å². The molecule has 4 N–H and O–H groups in total. The van der Waals surface area contributed by atoms with Crippen molar-refractivity contribution in [2.24, 2.45) is 15.7 Å². The molecule has 6 nitrogen and oxygen atoms in total. The Morgan fingerprint density at radius 1 is 1.20 bits per heavy atom. The van der Waals surface area contributed by atoms with E-state index in [0.717, 1.165) is 31.0 Å². The quantitative estimate of drug-likeness (QED) is 0.680. The molecule has 25 heavy (non-hydrogen) atoms. The van der Waals surface area contributed by atoms with Crippen LogP contribution in [0.5, 0.6) is 5.75 Å². The Hall–Kier alpha value is -1.66. The van der Waals surface area contributed by atoms with Gasteiger partial charge in [-0.15, -0.1) is 12.4 Å². The van der Waals surface area contributed by atoms with Crippen molar-refractivity contribution in [3.8, 4) is 5.75 Å². The Balaban J connectivity index is 0.00000225. The minimum absolute atomic E-state index is 0. The van der Waals surface area contributed by atoms with Crippen molar-refractivity contribution in [2.75, 3.05) is 13.2 Å². The highest BCUT2D eigenvalue weighted by atomic mass is 35.5. The third-order valence-electron chi connectivity index (χ3n) is 4.27. The Morgan fingerprint density at radius 3 is 2.64 bits per heavy atom. The Kier molecular flexibility index (Phi) is 7.20. The van der Waals surface area contributed by atoms with E-state index >= 15 is 0 Å². The molecule has 1 heterocycles. The van der Waals surface area contributed by atoms with Gasteiger partial charge < -0.3 is 15.8 Å². The number of hydrogen-bond acceptors (Lipinski definition) is 4. The lowest BCUT2D eigenvalue weighted by atomic mass is 9.89. The van der Waals surface area contributed by atoms with Crippen molar-refractivity contribution in [1.29, 1.82) is 0 Å². The standard InChI is InChI=1S/C17H24ClN5O.ClH/c18-13-5-7-14(8-6-13)24-12-4-11-20-16-21-15(19)22-17(23-16)9-2-1-3-10-17;/h5-8H,1-4,9-12H2,(H4,19,20,21,22,23);1H. The highest BCUT2D eigenvalue weighted by Gasteiger charge is 2.35. The number of ether oxygens (including phenoxy) is 1. The zero-order chi connectivity index (χ0) is 16.8. The van der Waals surface area contributed by atoms with Crippen LogP contribution in [0, 0.1) is 0 Å². The van der Waals surface area contributed by atoms with Crippen LogP contribution in [-0.4, -0.2) is 30.7 Å². The van der Waals surface area contributed by atoms with E-state index in [2.05, 4.69) is 20.6 Å². The number of nitrogens with zero attached hydrogens (tertiary/aromatic N) is 2. The molecular formula is C17H25Cl2N5O. The fourth-order valence-electron chi connectivity index (χ4n) is 3.09. The number of benzene rings is 1. The van der Waals surface area contributed by atoms with E-state index in [1.54, 1.807) is 0 Å². The van der Waals surface area contributed by atoms with Crippen LogP contribution in [-0.2, 0) is 0 Å². The van der Waals surface area contributed by atoms with Gasteiger partial charge in [-0.3, -0.25) is 10.3 Å². The lowest BCUT2D eigenvalue weighted by molar-refractivity contribution is 0.270. The van der Waals surface area contributed by atoms with Gasteiger partial charge >= 0.3 is 0 Å². The van der Waals surface area contributed by atoms with Gasteiger partial charge in [0.1, 0.15) is 11.4 Å². The lowest BCUT2D eigenvalue weighted by Gasteiger charge is -2.38. The van der Waals surface area contributed by atoms with E-state index in [9.17, 15) is 0 Å². The summed E-state index contributed by atoms with van der Waals surface area (Å²) in [6.45, 7) is 1.26. The summed E-state index contributed by atoms with van der Waals surface area (Å²) in [6.07, 6.45) is 6.44. The van der Waals surface area contributed by atoms with Gasteiger partial charge in [-0.25, -0.2) is 4.99 Å². The summed E-state index contributed by atoms with van der Waals surface area (Å²) >= 11 is 5.85. The third kappa shape index (κ3) is 5.68. The second-order valence-corrected chi connectivity index (χ2v) is 6.66. The van der Waals surface area contributed by atoms with Crippen molar-refractivity contribution < 1.29 is 4.74 Å². The van der Waals surface area contributed by atoms with Gasteiger partial charge in [0.25, 0.3) is 0 Å². The SMILES string of the molecule is Cl.NC1=NC2(CCCCC2)NC(=NCCCOc2ccc(Cl)cc2)N1. The maximum Gasteiger partial charge on any atom is 0.200 e. The van der Waals surface area contributed by atoms with Crippen molar-refractivity contribution in [2.45, 2.75) is 44.2 Å². The summed E-state index contributed by atoms with van der Waals surface area (Å²) in [5.74, 6) is 1.99. The van der Waals surface area contributed by atoms with Crippen molar-refractivity contribution in [3.05, 3.63) is 29.3 Å². The van der Waals surface area contributed by atoms with E-state index in [1.807, 2.05) is 24.3 Å². The molecule has 2 aliphatic rings. The van der Waals surface area contributed by atoms with Gasteiger partial charge in [-0.1, -0.05) is 18.0 Å². The molecule has 1 fully saturated rings. The second kappa shape index (κ2) is 9.15. The van der Waals surface area contributed by atoms with Gasteiger partial charge in [-0.2, -0.15) is 0 Å². The van der Waals surface area contributed by atoms with Gasteiger partial charge in [-0.05, 0) is 49.9 Å². The molecule has 0 aromatic heterocycles. The number of guanidine groups is 2. The molecule has 1 aliphatic carbocycles. The van der Waals surface area contributed by atoms with Crippen LogP contribution in [0.2, 0.25) is 5.02 Å². The van der Waals surface area contributed by atoms with Gasteiger partial charge in [0.05, 0.1) is 6.61 Å². The fourth-order valence-corrected chi connectivity index (χ4v) is 3.21. The maximum atomic E-state index is 5.93. The maximum absolute atomic E-state index is 5.93. The fraction of sp³-hybridized carbons (Fsp3) is 0.529. The summed E-state index contributed by atoms with van der Waals surface area (Å²) in [7, 11) is 0. The highest BCUT2D eigenvalue weighted by molar-refractivity contribution is 6.30. The molecule has 0 saturated heterocycles. The molecule has 0 unspecified atom stereocenters. The molecule has 0 amide bonds. The first-order valence-electron chi connectivity index (χ1n) is 8.49. The first-order valence-corrected chi connectivity index (χ1v) is 8.86. The van der Waals surface area contributed by atoms with E-state index in [-0.39, 0.29) is 18.1 Å². The van der Waals surface area contributed by atoms with Gasteiger partial charge in [0.2, 0.25) is 0 Å². The Bertz CT molecular complexity index is 612. The Morgan fingerprint density at radius 2 is 1.92 bits per heavy atom. The van der Waals surface area contributed by atoms with Gasteiger partial charge in [0, 0.05) is 18.0 Å². The molecule has 1 saturated carbocycles. The lowest BCUT2D eigenvalue weighted by Crippen LogP contribution is -2.61. The summed E-state index contributed by atoms with van der Waals surface area (Å²) in [5.41, 5.74) is 5.67. The minimum Gasteiger partial charge on any atom is -0.494 e. The first kappa shape index (κ1) is 19.7. The molecule has 1 aromatic carbocycles. The second-order valence-electron chi connectivity index (χ2n) is 6.23. The average molecular weight is 386 g/mol. The minimum atomic E-state index is -0.258. The number of nitrogens with one attached hydrogen (secondary N) is 2. The van der Waals surface area contributed by atoms with Crippen LogP contribution >= 0.6 is 24.0 Å². The molecule has 138 valence electrons. The molecule has 0 bridgehead atoms. The monoisotopic (exact) mass is 385 g/mol. The molecule has 1 spiro atoms. The predicted molar refractivity (Wildman–Crippen MR) is 105 cm³/mol. The number of aliphatic imine (C=N–C) groups is 2. The normalized spacial score (nSPS) is 20.2. The zero-order valence-corrected chi connectivity index (χ0v) is 15.7. The average Bonchev–Trinajstić information content (AvgIpc) is 2.56. The number of halogens is 2. The van der Waals surface area contributed by atoms with E-state index in [4.69, 9.17) is 22.1 Å². The first-order chi connectivity index (χ1) is 11.7. The summed E-state index contributed by atoms with van der Waals surface area (Å²) in [5, 5.41) is 7.15. The van der Waals surface area contributed by atoms with E-state index < -0.39 is 0 Å². The van der Waals surface area contributed by atoms with Crippen molar-refractivity contribution in [3.63, 3.8) is 0 Å². The molecule has 0 radical (unpaired) electrons. The summed E-state index contributed by atoms with van der Waals surface area (Å²) in [6, 6.07) is 7.36. The third-order valence-corrected chi connectivity index (χ3v) is 4.52. The molecule has 1 aliphatic heterocycles. The van der Waals surface area contributed by atoms with Crippen LogP contribution < -0.4 is 21.1 Å². The zero-order valence-electron chi connectivity index (χ0n) is 14.1. The highest BCUT2D eigenvalue weighted by Crippen LogP contribution is 2.30. The smallest absolute Gasteiger partial charge is 0.200 e. The molecule has 1 aromatic rings. The van der Waals surface area contributed by atoms with Crippen LogP contribution in [0.4, 0.5) is 0 Å². The summed E-state index contributed by atoms with van der Waals surface area (Å²) < 4.78 is 5.66. The summed E-state index contributed by atoms with van der Waals surface area (Å²) in [4.78, 5) is 9.13. The van der Waals surface area contributed by atoms with Crippen LogP contribution in [0.3, 0.4) is 0 Å². The molecule has 3 rings (SSSR count). The van der Waals surface area contributed by atoms with Crippen LogP contribution in [0.15, 0.2) is 34.3 Å². The van der Waals surface area contributed by atoms with E-state index in [0.29, 0.717) is 24.1 Å². The molecule has 8 heteroatoms. The topological polar surface area (TPSA) is 84.0 Å². The van der Waals surface area contributed by atoms with Crippen LogP contribution in [0.25, 0.3) is 0 Å². The Labute approximate surface area is 159 Å². The molecular weight excluding hydrogens is 361 g/mol. The number of hydrogen-bond donors (Lipinski definition) is 3. The van der Waals surface area contributed by atoms with Crippen molar-refractivity contribution >= 4 is 35.9 Å². The number of rotatable bonds is 5. The van der Waals surface area contributed by atoms with Crippen molar-refractivity contribution in [1.82, 2.24) is 10.6 Å². The van der Waals surface area contributed by atoms with Gasteiger partial charge in [0.15, 0.2) is 11.9 Å².